The lowest BCUT2D eigenvalue weighted by molar-refractivity contribution is 0.473. The van der Waals surface area contributed by atoms with Gasteiger partial charge < -0.3 is 10.2 Å². The Hall–Kier alpha value is -4.04. The summed E-state index contributed by atoms with van der Waals surface area (Å²) in [4.78, 5) is 0. The van der Waals surface area contributed by atoms with E-state index >= 15 is 0 Å². The second-order valence-electron chi connectivity index (χ2n) is 8.22. The van der Waals surface area contributed by atoms with Crippen LogP contribution in [0.25, 0.3) is 23.3 Å². The van der Waals surface area contributed by atoms with Crippen LogP contribution in [-0.4, -0.2) is 10.2 Å². The van der Waals surface area contributed by atoms with Gasteiger partial charge in [0, 0.05) is 11.1 Å². The van der Waals surface area contributed by atoms with E-state index in [1.807, 2.05) is 74.5 Å². The molecule has 2 nitrogen and oxygen atoms in total. The maximum atomic E-state index is 9.19. The maximum Gasteiger partial charge on any atom is 0.122 e. The minimum atomic E-state index is 0. The molecule has 4 aromatic rings. The Bertz CT molecular complexity index is 1120. The fourth-order valence-electron chi connectivity index (χ4n) is 3.48. The van der Waals surface area contributed by atoms with Gasteiger partial charge in [0.2, 0.25) is 0 Å². The minimum Gasteiger partial charge on any atom is -0.507 e. The highest BCUT2D eigenvalue weighted by Crippen LogP contribution is 2.21. The minimum absolute atomic E-state index is 0. The summed E-state index contributed by atoms with van der Waals surface area (Å²) < 4.78 is 0. The summed E-state index contributed by atoms with van der Waals surface area (Å²) in [5.74, 6) is 0.668. The van der Waals surface area contributed by atoms with E-state index in [2.05, 4.69) is 62.4 Å². The Balaban J connectivity index is 0.000000287. The molecule has 0 atom stereocenters. The van der Waals surface area contributed by atoms with Gasteiger partial charge in [0.15, 0.2) is 0 Å². The number of rotatable bonds is 5. The first-order valence-corrected chi connectivity index (χ1v) is 12.5. The molecule has 0 spiro atoms. The molecule has 0 saturated carbocycles. The number of aromatic hydroxyl groups is 2. The molecule has 4 rings (SSSR count). The number of phenols is 2. The molecule has 2 heteroatoms. The van der Waals surface area contributed by atoms with Crippen LogP contribution in [0.4, 0.5) is 0 Å². The molecule has 0 amide bonds. The van der Waals surface area contributed by atoms with Crippen molar-refractivity contribution < 1.29 is 10.2 Å². The Morgan fingerprint density at radius 1 is 0.514 bits per heavy atom. The van der Waals surface area contributed by atoms with Crippen molar-refractivity contribution in [1.82, 2.24) is 0 Å². The van der Waals surface area contributed by atoms with E-state index in [-0.39, 0.29) is 7.43 Å². The van der Waals surface area contributed by atoms with Crippen LogP contribution in [-0.2, 0) is 12.8 Å². The molecule has 0 aliphatic heterocycles. The van der Waals surface area contributed by atoms with E-state index in [1.165, 1.54) is 22.3 Å². The molecule has 0 unspecified atom stereocenters. The lowest BCUT2D eigenvalue weighted by Gasteiger charge is -2.04. The van der Waals surface area contributed by atoms with Gasteiger partial charge in [0.05, 0.1) is 0 Å². The Kier molecular flexibility index (Phi) is 14.6. The monoisotopic (exact) mass is 494 g/mol. The lowest BCUT2D eigenvalue weighted by Crippen LogP contribution is -1.83. The molecule has 4 aromatic carbocycles. The fraction of sp³-hybridized carbons (Fsp3) is 0.200. The molecule has 0 radical (unpaired) electrons. The van der Waals surface area contributed by atoms with Crippen LogP contribution in [0.15, 0.2) is 109 Å². The van der Waals surface area contributed by atoms with Crippen LogP contribution in [0, 0.1) is 0 Å². The first-order valence-electron chi connectivity index (χ1n) is 12.5. The zero-order valence-electron chi connectivity index (χ0n) is 21.9. The van der Waals surface area contributed by atoms with Gasteiger partial charge in [-0.05, 0) is 61.1 Å². The van der Waals surface area contributed by atoms with Gasteiger partial charge in [-0.2, -0.15) is 0 Å². The van der Waals surface area contributed by atoms with E-state index in [1.54, 1.807) is 12.1 Å². The van der Waals surface area contributed by atoms with Gasteiger partial charge >= 0.3 is 0 Å². The van der Waals surface area contributed by atoms with Crippen LogP contribution < -0.4 is 0 Å². The van der Waals surface area contributed by atoms with Crippen molar-refractivity contribution in [1.29, 1.82) is 0 Å². The molecule has 0 fully saturated rings. The zero-order chi connectivity index (χ0) is 26.2. The van der Waals surface area contributed by atoms with Crippen molar-refractivity contribution in [3.8, 4) is 22.6 Å². The Labute approximate surface area is 224 Å². The predicted molar refractivity (Wildman–Crippen MR) is 163 cm³/mol. The molecule has 0 saturated heterocycles. The first kappa shape index (κ1) is 31.0. The molecule has 0 aliphatic carbocycles. The van der Waals surface area contributed by atoms with Crippen LogP contribution in [0.2, 0.25) is 0 Å². The van der Waals surface area contributed by atoms with Crippen LogP contribution in [0.1, 0.15) is 57.4 Å². The number of aryl methyl sites for hydroxylation is 2. The van der Waals surface area contributed by atoms with Crippen molar-refractivity contribution in [2.24, 2.45) is 0 Å². The zero-order valence-corrected chi connectivity index (χ0v) is 21.9. The van der Waals surface area contributed by atoms with E-state index in [0.717, 1.165) is 24.0 Å². The standard InChI is InChI=1S/C16H18.2C9H10O.CH4/c1-3-13-5-9-15(10-6-13)16-11-7-14(4-2)8-12-16;2*1-2-5-8-6-3-4-7-9(8)10;/h5-12H,3-4H2,1-2H3;2*2-7,10H,1H3;1H4/b;2*5-2+;. The summed E-state index contributed by atoms with van der Waals surface area (Å²) >= 11 is 0. The highest BCUT2D eigenvalue weighted by molar-refractivity contribution is 5.64. The summed E-state index contributed by atoms with van der Waals surface area (Å²) in [6.45, 7) is 8.22. The second kappa shape index (κ2) is 17.4. The largest absolute Gasteiger partial charge is 0.507 e. The molecule has 0 aliphatic rings. The lowest BCUT2D eigenvalue weighted by atomic mass is 10.0. The summed E-state index contributed by atoms with van der Waals surface area (Å²) in [6, 6.07) is 32.2. The first-order chi connectivity index (χ1) is 17.5. The summed E-state index contributed by atoms with van der Waals surface area (Å²) in [6.07, 6.45) is 9.75. The normalized spacial score (nSPS) is 10.2. The van der Waals surface area contributed by atoms with Crippen LogP contribution >= 0.6 is 0 Å². The van der Waals surface area contributed by atoms with Crippen molar-refractivity contribution in [3.05, 3.63) is 131 Å². The average molecular weight is 495 g/mol. The highest BCUT2D eigenvalue weighted by atomic mass is 16.3. The molecular weight excluding hydrogens is 452 g/mol. The third kappa shape index (κ3) is 10.6. The Morgan fingerprint density at radius 2 is 0.838 bits per heavy atom. The molecule has 194 valence electrons. The number of hydrogen-bond acceptors (Lipinski definition) is 2. The molecule has 0 heterocycles. The SMILES string of the molecule is C.C/C=C/c1ccccc1O.C/C=C/c1ccccc1O.CCc1ccc(-c2ccc(CC)cc2)cc1. The van der Waals surface area contributed by atoms with Gasteiger partial charge in [0.1, 0.15) is 11.5 Å². The van der Waals surface area contributed by atoms with Crippen molar-refractivity contribution >= 4 is 12.2 Å². The number of benzene rings is 4. The molecule has 2 N–H and O–H groups in total. The quantitative estimate of drug-likeness (QED) is 0.290. The summed E-state index contributed by atoms with van der Waals surface area (Å²) in [5.41, 5.74) is 7.14. The number of phenolic OH excluding ortho intramolecular Hbond substituents is 2. The molecule has 37 heavy (non-hydrogen) atoms. The highest BCUT2D eigenvalue weighted by Gasteiger charge is 1.97. The third-order valence-corrected chi connectivity index (χ3v) is 5.62. The third-order valence-electron chi connectivity index (χ3n) is 5.62. The van der Waals surface area contributed by atoms with Crippen LogP contribution in [0.3, 0.4) is 0 Å². The fourth-order valence-corrected chi connectivity index (χ4v) is 3.48. The number of hydrogen-bond donors (Lipinski definition) is 2. The van der Waals surface area contributed by atoms with E-state index < -0.39 is 0 Å². The van der Waals surface area contributed by atoms with Crippen molar-refractivity contribution in [3.63, 3.8) is 0 Å². The topological polar surface area (TPSA) is 40.5 Å². The summed E-state index contributed by atoms with van der Waals surface area (Å²) in [7, 11) is 0. The van der Waals surface area contributed by atoms with Gasteiger partial charge in [-0.15, -0.1) is 0 Å². The van der Waals surface area contributed by atoms with Crippen molar-refractivity contribution in [2.75, 3.05) is 0 Å². The molecular formula is C35H42O2. The summed E-state index contributed by atoms with van der Waals surface area (Å²) in [5, 5.41) is 18.4. The van der Waals surface area contributed by atoms with Gasteiger partial charge in [-0.3, -0.25) is 0 Å². The van der Waals surface area contributed by atoms with Crippen LogP contribution in [0.5, 0.6) is 11.5 Å². The van der Waals surface area contributed by atoms with Gasteiger partial charge in [-0.1, -0.05) is 131 Å². The van der Waals surface area contributed by atoms with E-state index in [0.29, 0.717) is 11.5 Å². The number of allylic oxidation sites excluding steroid dienone is 2. The second-order valence-corrected chi connectivity index (χ2v) is 8.22. The molecule has 0 aromatic heterocycles. The van der Waals surface area contributed by atoms with Crippen molar-refractivity contribution in [2.45, 2.75) is 48.0 Å². The van der Waals surface area contributed by atoms with E-state index in [4.69, 9.17) is 0 Å². The van der Waals surface area contributed by atoms with Gasteiger partial charge in [-0.25, -0.2) is 0 Å². The smallest absolute Gasteiger partial charge is 0.122 e. The molecule has 0 bridgehead atoms. The van der Waals surface area contributed by atoms with E-state index in [9.17, 15) is 10.2 Å². The van der Waals surface area contributed by atoms with Gasteiger partial charge in [0.25, 0.3) is 0 Å². The predicted octanol–water partition coefficient (Wildman–Crippen LogP) is 9.97. The maximum absolute atomic E-state index is 9.19. The Morgan fingerprint density at radius 3 is 1.11 bits per heavy atom. The number of para-hydroxylation sites is 2. The average Bonchev–Trinajstić information content (AvgIpc) is 2.92.